The van der Waals surface area contributed by atoms with Crippen LogP contribution in [0.1, 0.15) is 18.4 Å². The van der Waals surface area contributed by atoms with Gasteiger partial charge in [-0.15, -0.1) is 5.10 Å². The van der Waals surface area contributed by atoms with Gasteiger partial charge < -0.3 is 5.32 Å². The van der Waals surface area contributed by atoms with Gasteiger partial charge in [0.25, 0.3) is 0 Å². The lowest BCUT2D eigenvalue weighted by atomic mass is 10.1. The molecule has 2 heterocycles. The van der Waals surface area contributed by atoms with Crippen LogP contribution >= 0.6 is 0 Å². The topological polar surface area (TPSA) is 75.9 Å². The van der Waals surface area contributed by atoms with Crippen LogP contribution in [0.2, 0.25) is 0 Å². The zero-order valence-electron chi connectivity index (χ0n) is 14.9. The molecule has 9 heteroatoms. The normalized spacial score (nSPS) is 17.0. The van der Waals surface area contributed by atoms with Crippen molar-refractivity contribution in [3.05, 3.63) is 66.0 Å². The minimum Gasteiger partial charge on any atom is -0.325 e. The second kappa shape index (κ2) is 7.81. The second-order valence-electron chi connectivity index (χ2n) is 6.66. The molecule has 4 rings (SSSR count). The standard InChI is InChI=1S/C19H18F2N6O/c20-14-7-6-13(17(21)9-14)11-26-8-2-5-18(26)19(28)23-15-3-1-4-16(10-15)27-12-22-24-25-27/h1,3-4,6-7,9-10,12,18H,2,5,8,11H2,(H,23,28). The fraction of sp³-hybridized carbons (Fsp3) is 0.263. The molecule has 7 nitrogen and oxygen atoms in total. The summed E-state index contributed by atoms with van der Waals surface area (Å²) in [7, 11) is 0. The van der Waals surface area contributed by atoms with Crippen LogP contribution in [0.25, 0.3) is 5.69 Å². The van der Waals surface area contributed by atoms with Crippen molar-refractivity contribution in [1.82, 2.24) is 25.1 Å². The number of nitrogens with zero attached hydrogens (tertiary/aromatic N) is 5. The van der Waals surface area contributed by atoms with Gasteiger partial charge in [0, 0.05) is 23.9 Å². The molecule has 0 bridgehead atoms. The number of hydrogen-bond acceptors (Lipinski definition) is 5. The molecular formula is C19H18F2N6O. The van der Waals surface area contributed by atoms with Crippen molar-refractivity contribution in [2.24, 2.45) is 0 Å². The molecule has 28 heavy (non-hydrogen) atoms. The van der Waals surface area contributed by atoms with E-state index in [1.807, 2.05) is 11.0 Å². The highest BCUT2D eigenvalue weighted by molar-refractivity contribution is 5.95. The summed E-state index contributed by atoms with van der Waals surface area (Å²) in [5.74, 6) is -1.37. The van der Waals surface area contributed by atoms with Crippen molar-refractivity contribution < 1.29 is 13.6 Å². The quantitative estimate of drug-likeness (QED) is 0.732. The van der Waals surface area contributed by atoms with Crippen LogP contribution in [0.5, 0.6) is 0 Å². The van der Waals surface area contributed by atoms with Gasteiger partial charge in [0.2, 0.25) is 5.91 Å². The number of carbonyl (C=O) groups excluding carboxylic acids is 1. The summed E-state index contributed by atoms with van der Waals surface area (Å²) in [5.41, 5.74) is 1.72. The molecule has 0 spiro atoms. The lowest BCUT2D eigenvalue weighted by Gasteiger charge is -2.24. The molecule has 1 unspecified atom stereocenters. The van der Waals surface area contributed by atoms with Crippen LogP contribution in [0, 0.1) is 11.6 Å². The summed E-state index contributed by atoms with van der Waals surface area (Å²) in [6, 6.07) is 10.3. The monoisotopic (exact) mass is 384 g/mol. The average Bonchev–Trinajstić information content (AvgIpc) is 3.36. The van der Waals surface area contributed by atoms with Crippen LogP contribution in [-0.2, 0) is 11.3 Å². The Balaban J connectivity index is 1.46. The Labute approximate surface area is 160 Å². The first-order valence-corrected chi connectivity index (χ1v) is 8.92. The van der Waals surface area contributed by atoms with Crippen LogP contribution in [0.4, 0.5) is 14.5 Å². The van der Waals surface area contributed by atoms with Gasteiger partial charge in [-0.05, 0) is 54.1 Å². The molecule has 1 amide bonds. The van der Waals surface area contributed by atoms with Gasteiger partial charge in [-0.25, -0.2) is 13.5 Å². The molecule has 1 atom stereocenters. The van der Waals surface area contributed by atoms with E-state index in [0.29, 0.717) is 24.2 Å². The van der Waals surface area contributed by atoms with E-state index in [4.69, 9.17) is 0 Å². The van der Waals surface area contributed by atoms with Gasteiger partial charge in [0.1, 0.15) is 18.0 Å². The fourth-order valence-corrected chi connectivity index (χ4v) is 3.41. The maximum absolute atomic E-state index is 14.0. The van der Waals surface area contributed by atoms with Crippen molar-refractivity contribution in [3.8, 4) is 5.69 Å². The molecule has 0 radical (unpaired) electrons. The number of likely N-dealkylation sites (tertiary alicyclic amines) is 1. The molecular weight excluding hydrogens is 366 g/mol. The number of nitrogens with one attached hydrogen (secondary N) is 1. The number of rotatable bonds is 5. The molecule has 3 aromatic rings. The first-order chi connectivity index (χ1) is 13.6. The number of amides is 1. The third kappa shape index (κ3) is 3.89. The van der Waals surface area contributed by atoms with E-state index < -0.39 is 11.6 Å². The van der Waals surface area contributed by atoms with Crippen LogP contribution in [0.3, 0.4) is 0 Å². The van der Waals surface area contributed by atoms with Gasteiger partial charge in [0.15, 0.2) is 0 Å². The van der Waals surface area contributed by atoms with Crippen molar-refractivity contribution in [2.75, 3.05) is 11.9 Å². The Bertz CT molecular complexity index is 978. The minimum atomic E-state index is -0.612. The summed E-state index contributed by atoms with van der Waals surface area (Å²) in [6.07, 6.45) is 2.99. The van der Waals surface area contributed by atoms with Crippen molar-refractivity contribution >= 4 is 11.6 Å². The molecule has 2 aromatic carbocycles. The predicted molar refractivity (Wildman–Crippen MR) is 97.6 cm³/mol. The molecule has 0 saturated carbocycles. The highest BCUT2D eigenvalue weighted by Gasteiger charge is 2.31. The number of anilines is 1. The molecule has 144 valence electrons. The zero-order valence-corrected chi connectivity index (χ0v) is 14.9. The largest absolute Gasteiger partial charge is 0.325 e. The highest BCUT2D eigenvalue weighted by atomic mass is 19.1. The average molecular weight is 384 g/mol. The lowest BCUT2D eigenvalue weighted by molar-refractivity contribution is -0.120. The number of tetrazole rings is 1. The van der Waals surface area contributed by atoms with E-state index in [9.17, 15) is 13.6 Å². The third-order valence-electron chi connectivity index (χ3n) is 4.78. The number of aromatic nitrogens is 4. The Hall–Kier alpha value is -3.20. The van der Waals surface area contributed by atoms with Gasteiger partial charge in [-0.3, -0.25) is 9.69 Å². The molecule has 0 aliphatic carbocycles. The maximum atomic E-state index is 14.0. The number of halogens is 2. The summed E-state index contributed by atoms with van der Waals surface area (Å²) < 4.78 is 28.6. The summed E-state index contributed by atoms with van der Waals surface area (Å²) in [6.45, 7) is 0.939. The summed E-state index contributed by atoms with van der Waals surface area (Å²) in [4.78, 5) is 14.7. The second-order valence-corrected chi connectivity index (χ2v) is 6.66. The first kappa shape index (κ1) is 18.2. The van der Waals surface area contributed by atoms with Crippen LogP contribution in [-0.4, -0.2) is 43.6 Å². The van der Waals surface area contributed by atoms with Crippen LogP contribution < -0.4 is 5.32 Å². The SMILES string of the molecule is O=C(Nc1cccc(-n2cnnn2)c1)C1CCCN1Cc1ccc(F)cc1F. The van der Waals surface area contributed by atoms with Gasteiger partial charge in [-0.2, -0.15) is 0 Å². The summed E-state index contributed by atoms with van der Waals surface area (Å²) >= 11 is 0. The molecule has 1 N–H and O–H groups in total. The first-order valence-electron chi connectivity index (χ1n) is 8.92. The van der Waals surface area contributed by atoms with E-state index in [-0.39, 0.29) is 18.5 Å². The predicted octanol–water partition coefficient (Wildman–Crippen LogP) is 2.54. The molecule has 1 aliphatic heterocycles. The Morgan fingerprint density at radius 2 is 2.11 bits per heavy atom. The van der Waals surface area contributed by atoms with Crippen molar-refractivity contribution in [3.63, 3.8) is 0 Å². The Morgan fingerprint density at radius 3 is 2.89 bits per heavy atom. The van der Waals surface area contributed by atoms with E-state index in [2.05, 4.69) is 20.8 Å². The van der Waals surface area contributed by atoms with Crippen molar-refractivity contribution in [1.29, 1.82) is 0 Å². The lowest BCUT2D eigenvalue weighted by Crippen LogP contribution is -2.39. The molecule has 1 fully saturated rings. The number of carbonyl (C=O) groups is 1. The number of hydrogen-bond donors (Lipinski definition) is 1. The van der Waals surface area contributed by atoms with E-state index in [0.717, 1.165) is 18.2 Å². The molecule has 1 aromatic heterocycles. The van der Waals surface area contributed by atoms with E-state index >= 15 is 0 Å². The number of benzene rings is 2. The Morgan fingerprint density at radius 1 is 1.21 bits per heavy atom. The van der Waals surface area contributed by atoms with Gasteiger partial charge in [-0.1, -0.05) is 12.1 Å². The van der Waals surface area contributed by atoms with Gasteiger partial charge in [0.05, 0.1) is 11.7 Å². The van der Waals surface area contributed by atoms with Crippen molar-refractivity contribution in [2.45, 2.75) is 25.4 Å². The fourth-order valence-electron chi connectivity index (χ4n) is 3.41. The van der Waals surface area contributed by atoms with E-state index in [1.54, 1.807) is 18.2 Å². The van der Waals surface area contributed by atoms with Gasteiger partial charge >= 0.3 is 0 Å². The minimum absolute atomic E-state index is 0.158. The highest BCUT2D eigenvalue weighted by Crippen LogP contribution is 2.23. The third-order valence-corrected chi connectivity index (χ3v) is 4.78. The van der Waals surface area contributed by atoms with Crippen LogP contribution in [0.15, 0.2) is 48.8 Å². The smallest absolute Gasteiger partial charge is 0.241 e. The molecule has 1 saturated heterocycles. The Kier molecular flexibility index (Phi) is 5.07. The maximum Gasteiger partial charge on any atom is 0.241 e. The molecule has 1 aliphatic rings. The summed E-state index contributed by atoms with van der Waals surface area (Å²) in [5, 5.41) is 13.9. The zero-order chi connectivity index (χ0) is 19.5. The van der Waals surface area contributed by atoms with E-state index in [1.165, 1.54) is 23.1 Å².